The smallest absolute Gasteiger partial charge is 0.164 e. The number of ether oxygens (including phenoxy) is 1. The minimum absolute atomic E-state index is 0.169. The Hall–Kier alpha value is -1.42. The fourth-order valence-electron chi connectivity index (χ4n) is 3.05. The zero-order valence-electron chi connectivity index (χ0n) is 14.1. The summed E-state index contributed by atoms with van der Waals surface area (Å²) in [7, 11) is 0. The summed E-state index contributed by atoms with van der Waals surface area (Å²) < 4.78 is 7.74. The van der Waals surface area contributed by atoms with E-state index in [0.717, 1.165) is 13.0 Å². The highest BCUT2D eigenvalue weighted by molar-refractivity contribution is 8.14. The second-order valence-electron chi connectivity index (χ2n) is 6.20. The number of aliphatic hydroxyl groups excluding tert-OH is 2. The number of Topliss-reactive ketones (excluding diaryl/α,β-unsaturated/α-hetero) is 1. The molecule has 0 aliphatic carbocycles. The number of hydrogen-bond acceptors (Lipinski definition) is 7. The maximum absolute atomic E-state index is 12.4. The molecular formula is C16H24N4O4S. The molecule has 3 N–H and O–H groups in total. The van der Waals surface area contributed by atoms with Crippen molar-refractivity contribution in [3.8, 4) is 0 Å². The van der Waals surface area contributed by atoms with Gasteiger partial charge < -0.3 is 24.8 Å². The third kappa shape index (κ3) is 4.22. The number of thioether (sulfide) groups is 1. The van der Waals surface area contributed by atoms with Crippen molar-refractivity contribution >= 4 is 22.7 Å². The molecule has 1 aromatic rings. The zero-order valence-corrected chi connectivity index (χ0v) is 14.9. The minimum atomic E-state index is -1.23. The lowest BCUT2D eigenvalue weighted by molar-refractivity contribution is -0.171. The monoisotopic (exact) mass is 368 g/mol. The van der Waals surface area contributed by atoms with Crippen molar-refractivity contribution in [2.75, 3.05) is 6.54 Å². The van der Waals surface area contributed by atoms with Gasteiger partial charge in [0.25, 0.3) is 0 Å². The highest BCUT2D eigenvalue weighted by atomic mass is 32.2. The molecule has 5 atom stereocenters. The summed E-state index contributed by atoms with van der Waals surface area (Å²) in [5.41, 5.74) is -0.413. The average molecular weight is 368 g/mol. The van der Waals surface area contributed by atoms with E-state index in [1.54, 1.807) is 12.5 Å². The first-order chi connectivity index (χ1) is 12.1. The van der Waals surface area contributed by atoms with Gasteiger partial charge >= 0.3 is 0 Å². The molecule has 3 rings (SSSR count). The summed E-state index contributed by atoms with van der Waals surface area (Å²) in [5, 5.41) is 24.3. The third-order valence-corrected chi connectivity index (χ3v) is 5.49. The predicted octanol–water partition coefficient (Wildman–Crippen LogP) is 0.150. The van der Waals surface area contributed by atoms with E-state index >= 15 is 0 Å². The van der Waals surface area contributed by atoms with Crippen LogP contribution in [0.4, 0.5) is 0 Å². The molecule has 2 saturated heterocycles. The number of fused-ring (bicyclic) bond motifs is 1. The first-order valence-electron chi connectivity index (χ1n) is 8.58. The molecule has 0 radical (unpaired) electrons. The number of aliphatic hydroxyl groups is 2. The van der Waals surface area contributed by atoms with Crippen LogP contribution in [0.3, 0.4) is 0 Å². The van der Waals surface area contributed by atoms with Crippen molar-refractivity contribution in [3.63, 3.8) is 0 Å². The van der Waals surface area contributed by atoms with Crippen molar-refractivity contribution in [2.45, 2.75) is 62.5 Å². The molecule has 2 aliphatic heterocycles. The number of hydrogen-bond donors (Lipinski definition) is 3. The lowest BCUT2D eigenvalue weighted by Gasteiger charge is -2.38. The number of aryl methyl sites for hydroxylation is 1. The number of aliphatic imine (C=N–C) groups is 1. The molecule has 3 heterocycles. The molecule has 0 unspecified atom stereocenters. The van der Waals surface area contributed by atoms with Crippen LogP contribution in [-0.4, -0.2) is 67.0 Å². The number of rotatable bonds is 7. The Bertz CT molecular complexity index is 609. The van der Waals surface area contributed by atoms with Crippen molar-refractivity contribution in [3.05, 3.63) is 18.7 Å². The van der Waals surface area contributed by atoms with E-state index in [1.807, 2.05) is 17.7 Å². The van der Waals surface area contributed by atoms with E-state index in [1.165, 1.54) is 11.8 Å². The molecule has 8 nitrogen and oxygen atoms in total. The molecule has 1 aromatic heterocycles. The summed E-state index contributed by atoms with van der Waals surface area (Å²) in [5.74, 6) is -0.169. The number of unbranched alkanes of at least 4 members (excludes halogenated alkanes) is 1. The van der Waals surface area contributed by atoms with Gasteiger partial charge in [-0.15, -0.1) is 0 Å². The summed E-state index contributed by atoms with van der Waals surface area (Å²) >= 11 is 1.36. The van der Waals surface area contributed by atoms with Crippen LogP contribution >= 0.6 is 11.8 Å². The minimum Gasteiger partial charge on any atom is -0.388 e. The maximum Gasteiger partial charge on any atom is 0.164 e. The molecule has 0 saturated carbocycles. The van der Waals surface area contributed by atoms with E-state index in [0.29, 0.717) is 24.6 Å². The molecule has 0 amide bonds. The maximum atomic E-state index is 12.4. The second-order valence-corrected chi connectivity index (χ2v) is 7.28. The van der Waals surface area contributed by atoms with Crippen LogP contribution in [-0.2, 0) is 16.1 Å². The van der Waals surface area contributed by atoms with Gasteiger partial charge in [-0.2, -0.15) is 0 Å². The Morgan fingerprint density at radius 3 is 3.00 bits per heavy atom. The molecule has 9 heteroatoms. The number of imidazole rings is 1. The van der Waals surface area contributed by atoms with Crippen LogP contribution in [0.1, 0.15) is 26.2 Å². The van der Waals surface area contributed by atoms with Crippen LogP contribution < -0.4 is 5.32 Å². The Morgan fingerprint density at radius 2 is 2.28 bits per heavy atom. The molecular weight excluding hydrogens is 344 g/mol. The quantitative estimate of drug-likeness (QED) is 0.588. The number of nitrogens with zero attached hydrogens (tertiary/aromatic N) is 3. The van der Waals surface area contributed by atoms with Crippen LogP contribution in [0.15, 0.2) is 23.7 Å². The number of carbonyl (C=O) groups excluding carboxylic acids is 1. The van der Waals surface area contributed by atoms with Gasteiger partial charge in [0.05, 0.1) is 12.4 Å². The van der Waals surface area contributed by atoms with Gasteiger partial charge in [-0.25, -0.2) is 4.98 Å². The first kappa shape index (κ1) is 18.4. The number of nitrogens with one attached hydrogen (secondary N) is 1. The van der Waals surface area contributed by atoms with Gasteiger partial charge in [-0.05, 0) is 19.8 Å². The summed E-state index contributed by atoms with van der Waals surface area (Å²) in [6.45, 7) is 3.33. The molecule has 0 aromatic carbocycles. The molecule has 138 valence electrons. The predicted molar refractivity (Wildman–Crippen MR) is 94.3 cm³/mol. The van der Waals surface area contributed by atoms with E-state index in [2.05, 4.69) is 15.3 Å². The van der Waals surface area contributed by atoms with Crippen molar-refractivity contribution in [2.24, 2.45) is 4.99 Å². The van der Waals surface area contributed by atoms with Gasteiger partial charge in [-0.1, -0.05) is 11.8 Å². The first-order valence-corrected chi connectivity index (χ1v) is 9.45. The van der Waals surface area contributed by atoms with E-state index in [9.17, 15) is 15.0 Å². The molecule has 0 bridgehead atoms. The van der Waals surface area contributed by atoms with Gasteiger partial charge in [0.15, 0.2) is 11.0 Å². The highest BCUT2D eigenvalue weighted by Crippen LogP contribution is 2.34. The largest absolute Gasteiger partial charge is 0.388 e. The van der Waals surface area contributed by atoms with Gasteiger partial charge in [0, 0.05) is 31.9 Å². The zero-order chi connectivity index (χ0) is 17.8. The Labute approximate surface area is 150 Å². The van der Waals surface area contributed by atoms with E-state index < -0.39 is 29.8 Å². The average Bonchev–Trinajstić information content (AvgIpc) is 3.24. The number of amidine groups is 1. The number of ketones is 1. The fourth-order valence-corrected chi connectivity index (χ4v) is 4.23. The SMILES string of the molecule is CCN=C1N[C@@H]2[C@@H](O)[C@H](O)[C@@H](C(=O)CCCCn3ccnc3)O[C@@H]2S1. The lowest BCUT2D eigenvalue weighted by atomic mass is 9.93. The summed E-state index contributed by atoms with van der Waals surface area (Å²) in [6, 6.07) is -0.449. The Balaban J connectivity index is 1.51. The highest BCUT2D eigenvalue weighted by Gasteiger charge is 2.50. The van der Waals surface area contributed by atoms with Gasteiger partial charge in [-0.3, -0.25) is 9.79 Å². The topological polar surface area (TPSA) is 109 Å². The van der Waals surface area contributed by atoms with Crippen LogP contribution in [0.25, 0.3) is 0 Å². The third-order valence-electron chi connectivity index (χ3n) is 4.39. The van der Waals surface area contributed by atoms with Crippen LogP contribution in [0.5, 0.6) is 0 Å². The standard InChI is InChI=1S/C16H24N4O4S/c1-2-18-16-19-11-12(22)13(23)14(24-15(11)25-16)10(21)5-3-4-7-20-8-6-17-9-20/h6,8-9,11-15,22-23H,2-5,7H2,1H3,(H,18,19)/t11-,12-,13+,14-,15-/m1/s1. The van der Waals surface area contributed by atoms with Crippen molar-refractivity contribution < 1.29 is 19.7 Å². The fraction of sp³-hybridized carbons (Fsp3) is 0.688. The Morgan fingerprint density at radius 1 is 1.44 bits per heavy atom. The van der Waals surface area contributed by atoms with Crippen molar-refractivity contribution in [1.29, 1.82) is 0 Å². The summed E-state index contributed by atoms with van der Waals surface area (Å²) in [6.07, 6.45) is 3.92. The van der Waals surface area contributed by atoms with Crippen LogP contribution in [0.2, 0.25) is 0 Å². The van der Waals surface area contributed by atoms with Gasteiger partial charge in [0.1, 0.15) is 23.7 Å². The number of aromatic nitrogens is 2. The summed E-state index contributed by atoms with van der Waals surface area (Å²) in [4.78, 5) is 20.7. The van der Waals surface area contributed by atoms with Gasteiger partial charge in [0.2, 0.25) is 0 Å². The number of carbonyl (C=O) groups is 1. The van der Waals surface area contributed by atoms with E-state index in [4.69, 9.17) is 4.74 Å². The molecule has 0 spiro atoms. The van der Waals surface area contributed by atoms with E-state index in [-0.39, 0.29) is 5.78 Å². The molecule has 2 fully saturated rings. The second kappa shape index (κ2) is 8.31. The normalized spacial score (nSPS) is 33.2. The lowest BCUT2D eigenvalue weighted by Crippen LogP contribution is -2.60. The Kier molecular flexibility index (Phi) is 6.10. The van der Waals surface area contributed by atoms with Crippen molar-refractivity contribution in [1.82, 2.24) is 14.9 Å². The van der Waals surface area contributed by atoms with Crippen LogP contribution in [0, 0.1) is 0 Å². The molecule has 25 heavy (non-hydrogen) atoms. The molecule has 2 aliphatic rings.